The maximum absolute atomic E-state index is 4.09. The molecule has 1 aromatic carbocycles. The van der Waals surface area contributed by atoms with Crippen molar-refractivity contribution in [2.75, 3.05) is 12.3 Å². The van der Waals surface area contributed by atoms with Gasteiger partial charge in [-0.25, -0.2) is 0 Å². The zero-order valence-electron chi connectivity index (χ0n) is 11.5. The van der Waals surface area contributed by atoms with Crippen molar-refractivity contribution < 1.29 is 0 Å². The molecule has 2 rings (SSSR count). The second kappa shape index (κ2) is 7.03. The molecule has 0 saturated carbocycles. The average molecular weight is 293 g/mol. The Bertz CT molecular complexity index is 511. The van der Waals surface area contributed by atoms with Crippen molar-refractivity contribution in [2.45, 2.75) is 31.2 Å². The van der Waals surface area contributed by atoms with Crippen LogP contribution in [0.1, 0.15) is 29.7 Å². The zero-order chi connectivity index (χ0) is 13.7. The topological polar surface area (TPSA) is 37.8 Å². The molecule has 2 aromatic rings. The summed E-state index contributed by atoms with van der Waals surface area (Å²) in [7, 11) is 0. The highest BCUT2D eigenvalue weighted by molar-refractivity contribution is 8.01. The maximum atomic E-state index is 4.09. The Balaban J connectivity index is 2.12. The lowest BCUT2D eigenvalue weighted by Gasteiger charge is -2.20. The molecule has 3 nitrogen and oxygen atoms in total. The summed E-state index contributed by atoms with van der Waals surface area (Å²) >= 11 is 3.37. The Kier molecular flexibility index (Phi) is 5.36. The Morgan fingerprint density at radius 2 is 2.21 bits per heavy atom. The molecule has 0 radical (unpaired) electrons. The fraction of sp³-hybridized carbons (Fsp3) is 0.429. The van der Waals surface area contributed by atoms with Gasteiger partial charge in [-0.05, 0) is 31.5 Å². The van der Waals surface area contributed by atoms with E-state index in [1.54, 1.807) is 28.6 Å². The number of nitrogens with one attached hydrogen (secondary N) is 1. The minimum atomic E-state index is 0.360. The van der Waals surface area contributed by atoms with Gasteiger partial charge < -0.3 is 5.32 Å². The molecule has 5 heteroatoms. The third-order valence-corrected chi connectivity index (χ3v) is 4.93. The molecular formula is C14H19N3S2. The van der Waals surface area contributed by atoms with Crippen LogP contribution in [-0.4, -0.2) is 22.5 Å². The lowest BCUT2D eigenvalue weighted by atomic mass is 10.00. The molecule has 0 amide bonds. The van der Waals surface area contributed by atoms with Crippen LogP contribution in [0, 0.1) is 13.8 Å². The third-order valence-electron chi connectivity index (χ3n) is 2.97. The molecule has 19 heavy (non-hydrogen) atoms. The summed E-state index contributed by atoms with van der Waals surface area (Å²) in [4.78, 5) is 0. The smallest absolute Gasteiger partial charge is 0.174 e. The van der Waals surface area contributed by atoms with E-state index in [0.717, 1.165) is 16.6 Å². The average Bonchev–Trinajstić information content (AvgIpc) is 2.91. The predicted octanol–water partition coefficient (Wildman–Crippen LogP) is 3.60. The van der Waals surface area contributed by atoms with E-state index in [1.807, 2.05) is 0 Å². The number of hydrogen-bond acceptors (Lipinski definition) is 5. The predicted molar refractivity (Wildman–Crippen MR) is 83.0 cm³/mol. The Morgan fingerprint density at radius 1 is 1.37 bits per heavy atom. The molecule has 1 atom stereocenters. The van der Waals surface area contributed by atoms with E-state index < -0.39 is 0 Å². The van der Waals surface area contributed by atoms with Gasteiger partial charge in [-0.1, -0.05) is 53.8 Å². The van der Waals surface area contributed by atoms with Crippen molar-refractivity contribution in [3.8, 4) is 0 Å². The number of rotatable bonds is 6. The Labute approximate surface area is 122 Å². The number of thioether (sulfide) groups is 1. The Morgan fingerprint density at radius 3 is 2.89 bits per heavy atom. The number of aryl methyl sites for hydroxylation is 2. The summed E-state index contributed by atoms with van der Waals surface area (Å²) < 4.78 is 1.04. The fourth-order valence-corrected chi connectivity index (χ4v) is 3.62. The molecule has 0 spiro atoms. The van der Waals surface area contributed by atoms with Gasteiger partial charge in [0.2, 0.25) is 0 Å². The third kappa shape index (κ3) is 4.03. The van der Waals surface area contributed by atoms with Crippen molar-refractivity contribution in [3.05, 3.63) is 40.4 Å². The summed E-state index contributed by atoms with van der Waals surface area (Å²) in [6, 6.07) is 7.01. The van der Waals surface area contributed by atoms with Crippen LogP contribution in [0.2, 0.25) is 0 Å². The van der Waals surface area contributed by atoms with Crippen molar-refractivity contribution in [1.82, 2.24) is 15.5 Å². The zero-order valence-corrected chi connectivity index (χ0v) is 13.1. The molecule has 1 aromatic heterocycles. The maximum Gasteiger partial charge on any atom is 0.174 e. The Hall–Kier alpha value is -0.910. The van der Waals surface area contributed by atoms with Gasteiger partial charge >= 0.3 is 0 Å². The lowest BCUT2D eigenvalue weighted by molar-refractivity contribution is 0.602. The minimum absolute atomic E-state index is 0.360. The number of hydrogen-bond donors (Lipinski definition) is 1. The SMILES string of the molecule is CCNC(CSc1nncs1)c1cc(C)ccc1C. The number of aromatic nitrogens is 2. The first-order valence-corrected chi connectivity index (χ1v) is 8.26. The van der Waals surface area contributed by atoms with Gasteiger partial charge in [-0.2, -0.15) is 0 Å². The second-order valence-electron chi connectivity index (χ2n) is 4.49. The molecule has 0 aliphatic rings. The summed E-state index contributed by atoms with van der Waals surface area (Å²) in [5.41, 5.74) is 5.82. The van der Waals surface area contributed by atoms with Crippen LogP contribution in [0.4, 0.5) is 0 Å². The first kappa shape index (κ1) is 14.5. The van der Waals surface area contributed by atoms with E-state index in [9.17, 15) is 0 Å². The van der Waals surface area contributed by atoms with Gasteiger partial charge in [0.15, 0.2) is 4.34 Å². The van der Waals surface area contributed by atoms with Crippen molar-refractivity contribution in [2.24, 2.45) is 0 Å². The van der Waals surface area contributed by atoms with Crippen LogP contribution in [0.15, 0.2) is 28.0 Å². The van der Waals surface area contributed by atoms with Gasteiger partial charge in [0.1, 0.15) is 5.51 Å². The minimum Gasteiger partial charge on any atom is -0.309 e. The van der Waals surface area contributed by atoms with Gasteiger partial charge in [0.25, 0.3) is 0 Å². The van der Waals surface area contributed by atoms with Crippen molar-refractivity contribution in [1.29, 1.82) is 0 Å². The van der Waals surface area contributed by atoms with Crippen LogP contribution >= 0.6 is 23.1 Å². The first-order valence-electron chi connectivity index (χ1n) is 6.40. The molecule has 1 N–H and O–H groups in total. The van der Waals surface area contributed by atoms with Gasteiger partial charge in [0, 0.05) is 11.8 Å². The molecule has 102 valence electrons. The van der Waals surface area contributed by atoms with Gasteiger partial charge in [-0.3, -0.25) is 0 Å². The molecule has 0 bridgehead atoms. The van der Waals surface area contributed by atoms with Gasteiger partial charge in [-0.15, -0.1) is 10.2 Å². The van der Waals surface area contributed by atoms with E-state index in [2.05, 4.69) is 54.5 Å². The number of nitrogens with zero attached hydrogens (tertiary/aromatic N) is 2. The first-order chi connectivity index (χ1) is 9.20. The monoisotopic (exact) mass is 293 g/mol. The van der Waals surface area contributed by atoms with E-state index in [4.69, 9.17) is 0 Å². The van der Waals surface area contributed by atoms with Gasteiger partial charge in [0.05, 0.1) is 0 Å². The quantitative estimate of drug-likeness (QED) is 0.826. The van der Waals surface area contributed by atoms with Crippen LogP contribution < -0.4 is 5.32 Å². The van der Waals surface area contributed by atoms with E-state index in [0.29, 0.717) is 6.04 Å². The molecule has 0 aliphatic carbocycles. The summed E-state index contributed by atoms with van der Waals surface area (Å²) in [6.45, 7) is 7.43. The van der Waals surface area contributed by atoms with Crippen molar-refractivity contribution in [3.63, 3.8) is 0 Å². The molecule has 0 fully saturated rings. The summed E-state index contributed by atoms with van der Waals surface area (Å²) in [5, 5.41) is 11.5. The molecule has 0 saturated heterocycles. The molecular weight excluding hydrogens is 274 g/mol. The van der Waals surface area contributed by atoms with Crippen LogP contribution in [0.3, 0.4) is 0 Å². The highest BCUT2D eigenvalue weighted by Crippen LogP contribution is 2.27. The van der Waals surface area contributed by atoms with E-state index in [-0.39, 0.29) is 0 Å². The normalized spacial score (nSPS) is 12.6. The highest BCUT2D eigenvalue weighted by atomic mass is 32.2. The standard InChI is InChI=1S/C14H19N3S2/c1-4-15-13(8-18-14-17-16-9-19-14)12-7-10(2)5-6-11(12)3/h5-7,9,13,15H,4,8H2,1-3H3. The molecule has 1 unspecified atom stereocenters. The van der Waals surface area contributed by atoms with E-state index in [1.165, 1.54) is 16.7 Å². The summed E-state index contributed by atoms with van der Waals surface area (Å²) in [5.74, 6) is 0.979. The molecule has 1 heterocycles. The highest BCUT2D eigenvalue weighted by Gasteiger charge is 2.14. The number of benzene rings is 1. The second-order valence-corrected chi connectivity index (χ2v) is 6.59. The summed E-state index contributed by atoms with van der Waals surface area (Å²) in [6.07, 6.45) is 0. The molecule has 0 aliphatic heterocycles. The van der Waals surface area contributed by atoms with Crippen LogP contribution in [0.5, 0.6) is 0 Å². The van der Waals surface area contributed by atoms with Crippen molar-refractivity contribution >= 4 is 23.1 Å². The fourth-order valence-electron chi connectivity index (χ4n) is 2.02. The van der Waals surface area contributed by atoms with E-state index >= 15 is 0 Å². The largest absolute Gasteiger partial charge is 0.309 e. The van der Waals surface area contributed by atoms with Crippen LogP contribution in [0.25, 0.3) is 0 Å². The van der Waals surface area contributed by atoms with Crippen LogP contribution in [-0.2, 0) is 0 Å². The lowest BCUT2D eigenvalue weighted by Crippen LogP contribution is -2.23.